The summed E-state index contributed by atoms with van der Waals surface area (Å²) in [4.78, 5) is 19.8. The molecule has 0 atom stereocenters. The maximum Gasteiger partial charge on any atom is 0.164 e. The molecule has 8 aromatic rings. The summed E-state index contributed by atoms with van der Waals surface area (Å²) in [5, 5.41) is 0. The van der Waals surface area contributed by atoms with Gasteiger partial charge >= 0.3 is 0 Å². The maximum atomic E-state index is 4.98. The van der Waals surface area contributed by atoms with Crippen molar-refractivity contribution >= 4 is 0 Å². The number of hydrogen-bond acceptors (Lipinski definition) is 4. The molecule has 2 aliphatic rings. The fourth-order valence-corrected chi connectivity index (χ4v) is 8.27. The minimum Gasteiger partial charge on any atom is -0.256 e. The van der Waals surface area contributed by atoms with Gasteiger partial charge in [0.1, 0.15) is 0 Å². The highest BCUT2D eigenvalue weighted by atomic mass is 15.0. The normalized spacial score (nSPS) is 13.3. The van der Waals surface area contributed by atoms with Crippen LogP contribution in [0.25, 0.3) is 78.8 Å². The fourth-order valence-electron chi connectivity index (χ4n) is 8.27. The average Bonchev–Trinajstić information content (AvgIpc) is 3.70. The molecule has 0 N–H and O–H groups in total. The van der Waals surface area contributed by atoms with Crippen molar-refractivity contribution in [2.45, 2.75) is 25.7 Å². The molecule has 2 aliphatic carbocycles. The Labute approximate surface area is 303 Å². The Kier molecular flexibility index (Phi) is 6.87. The average molecular weight is 667 g/mol. The van der Waals surface area contributed by atoms with Crippen molar-refractivity contribution in [3.05, 3.63) is 180 Å². The molecule has 4 heteroatoms. The number of hydrogen-bond donors (Lipinski definition) is 0. The van der Waals surface area contributed by atoms with Crippen molar-refractivity contribution < 1.29 is 0 Å². The Hall–Kier alpha value is -6.52. The predicted octanol–water partition coefficient (Wildman–Crippen LogP) is 11.5. The molecule has 0 spiro atoms. The van der Waals surface area contributed by atoms with E-state index in [4.69, 9.17) is 19.9 Å². The smallest absolute Gasteiger partial charge is 0.164 e. The highest BCUT2D eigenvalue weighted by molar-refractivity contribution is 5.91. The van der Waals surface area contributed by atoms with Crippen molar-refractivity contribution in [2.24, 2.45) is 0 Å². The van der Waals surface area contributed by atoms with Gasteiger partial charge < -0.3 is 0 Å². The van der Waals surface area contributed by atoms with Gasteiger partial charge in [-0.2, -0.15) is 0 Å². The molecule has 0 radical (unpaired) electrons. The van der Waals surface area contributed by atoms with Crippen LogP contribution >= 0.6 is 0 Å². The zero-order valence-electron chi connectivity index (χ0n) is 29.0. The third-order valence-corrected chi connectivity index (χ3v) is 10.9. The van der Waals surface area contributed by atoms with Crippen LogP contribution in [-0.2, 0) is 11.8 Å². The Morgan fingerprint density at radius 2 is 0.942 bits per heavy atom. The summed E-state index contributed by atoms with van der Waals surface area (Å²) >= 11 is 0. The Morgan fingerprint density at radius 3 is 1.63 bits per heavy atom. The molecule has 0 saturated heterocycles. The van der Waals surface area contributed by atoms with E-state index in [9.17, 15) is 0 Å². The molecule has 0 saturated carbocycles. The standard InChI is InChI=1S/C48H34N4/c1-48(2)42-22-10-9-17-37(42)38-24-23-32(27-43(38)48)34-18-11-19-35-36-20-12-21-39(41(36)29-40(34)35)44-28-33(25-26-49-44)47-51-45(30-13-5-3-6-14-30)50-46(52-47)31-15-7-4-8-16-31/h3-28H,29H2,1-2H3. The van der Waals surface area contributed by atoms with Gasteiger partial charge in [0.2, 0.25) is 0 Å². The first-order valence-electron chi connectivity index (χ1n) is 17.9. The molecule has 0 fully saturated rings. The molecule has 0 amide bonds. The molecule has 2 heterocycles. The largest absolute Gasteiger partial charge is 0.256 e. The highest BCUT2D eigenvalue weighted by Crippen LogP contribution is 2.51. The summed E-state index contributed by atoms with van der Waals surface area (Å²) in [6.07, 6.45) is 2.71. The van der Waals surface area contributed by atoms with Crippen LogP contribution in [0.5, 0.6) is 0 Å². The summed E-state index contributed by atoms with van der Waals surface area (Å²) < 4.78 is 0. The molecule has 0 unspecified atom stereocenters. The first-order chi connectivity index (χ1) is 25.5. The summed E-state index contributed by atoms with van der Waals surface area (Å²) in [6, 6.07) is 53.6. The zero-order chi connectivity index (χ0) is 34.8. The van der Waals surface area contributed by atoms with Gasteiger partial charge in [-0.1, -0.05) is 147 Å². The minimum atomic E-state index is -0.0467. The van der Waals surface area contributed by atoms with Crippen LogP contribution in [0.1, 0.15) is 36.1 Å². The van der Waals surface area contributed by atoms with Crippen LogP contribution in [0.2, 0.25) is 0 Å². The van der Waals surface area contributed by atoms with Crippen LogP contribution in [0, 0.1) is 0 Å². The molecule has 6 aromatic carbocycles. The molecular formula is C48H34N4. The van der Waals surface area contributed by atoms with Crippen molar-refractivity contribution in [1.82, 2.24) is 19.9 Å². The SMILES string of the molecule is CC1(C)c2ccccc2-c2ccc(-c3cccc4c3Cc3c(-c5cc(-c6nc(-c7ccccc7)nc(-c7ccccc7)n6)ccn5)cccc3-4)cc21. The third kappa shape index (κ3) is 4.83. The molecular weight excluding hydrogens is 633 g/mol. The van der Waals surface area contributed by atoms with E-state index < -0.39 is 0 Å². The number of pyridine rings is 1. The Balaban J connectivity index is 1.04. The molecule has 52 heavy (non-hydrogen) atoms. The van der Waals surface area contributed by atoms with E-state index in [1.54, 1.807) is 0 Å². The predicted molar refractivity (Wildman–Crippen MR) is 211 cm³/mol. The lowest BCUT2D eigenvalue weighted by molar-refractivity contribution is 0.660. The first kappa shape index (κ1) is 30.3. The van der Waals surface area contributed by atoms with Gasteiger partial charge in [-0.05, 0) is 80.3 Å². The topological polar surface area (TPSA) is 51.6 Å². The lowest BCUT2D eigenvalue weighted by Crippen LogP contribution is -2.14. The van der Waals surface area contributed by atoms with E-state index in [1.807, 2.05) is 72.9 Å². The van der Waals surface area contributed by atoms with Crippen LogP contribution in [-0.4, -0.2) is 19.9 Å². The molecule has 246 valence electrons. The van der Waals surface area contributed by atoms with Gasteiger partial charge in [-0.3, -0.25) is 4.98 Å². The Morgan fingerprint density at radius 1 is 0.404 bits per heavy atom. The number of benzene rings is 6. The van der Waals surface area contributed by atoms with Crippen LogP contribution in [0.3, 0.4) is 0 Å². The van der Waals surface area contributed by atoms with Gasteiger partial charge in [0, 0.05) is 33.9 Å². The summed E-state index contributed by atoms with van der Waals surface area (Å²) in [5.74, 6) is 1.91. The lowest BCUT2D eigenvalue weighted by Gasteiger charge is -2.22. The van der Waals surface area contributed by atoms with Crippen molar-refractivity contribution in [3.8, 4) is 78.8 Å². The molecule has 10 rings (SSSR count). The van der Waals surface area contributed by atoms with E-state index in [0.29, 0.717) is 17.5 Å². The second kappa shape index (κ2) is 11.8. The van der Waals surface area contributed by atoms with Gasteiger partial charge in [0.25, 0.3) is 0 Å². The fraction of sp³-hybridized carbons (Fsp3) is 0.0833. The van der Waals surface area contributed by atoms with Crippen LogP contribution in [0.15, 0.2) is 158 Å². The van der Waals surface area contributed by atoms with Crippen LogP contribution in [0.4, 0.5) is 0 Å². The van der Waals surface area contributed by atoms with Gasteiger partial charge in [-0.15, -0.1) is 0 Å². The monoisotopic (exact) mass is 666 g/mol. The number of aromatic nitrogens is 4. The van der Waals surface area contributed by atoms with Gasteiger partial charge in [-0.25, -0.2) is 15.0 Å². The van der Waals surface area contributed by atoms with Crippen molar-refractivity contribution in [3.63, 3.8) is 0 Å². The second-order valence-corrected chi connectivity index (χ2v) is 14.2. The second-order valence-electron chi connectivity index (χ2n) is 14.2. The minimum absolute atomic E-state index is 0.0467. The summed E-state index contributed by atoms with van der Waals surface area (Å²) in [6.45, 7) is 4.70. The van der Waals surface area contributed by atoms with Gasteiger partial charge in [0.15, 0.2) is 17.5 Å². The van der Waals surface area contributed by atoms with E-state index in [-0.39, 0.29) is 5.41 Å². The Bertz CT molecular complexity index is 2620. The molecule has 4 nitrogen and oxygen atoms in total. The molecule has 0 aliphatic heterocycles. The highest BCUT2D eigenvalue weighted by Gasteiger charge is 2.35. The lowest BCUT2D eigenvalue weighted by atomic mass is 9.81. The van der Waals surface area contributed by atoms with Crippen LogP contribution < -0.4 is 0 Å². The number of nitrogens with zero attached hydrogens (tertiary/aromatic N) is 4. The molecule has 0 bridgehead atoms. The quantitative estimate of drug-likeness (QED) is 0.183. The van der Waals surface area contributed by atoms with E-state index >= 15 is 0 Å². The van der Waals surface area contributed by atoms with Gasteiger partial charge in [0.05, 0.1) is 5.69 Å². The zero-order valence-corrected chi connectivity index (χ0v) is 29.0. The summed E-state index contributed by atoms with van der Waals surface area (Å²) in [5.41, 5.74) is 18.1. The first-order valence-corrected chi connectivity index (χ1v) is 17.9. The number of fused-ring (bicyclic) bond motifs is 6. The van der Waals surface area contributed by atoms with Crippen molar-refractivity contribution in [1.29, 1.82) is 0 Å². The van der Waals surface area contributed by atoms with Crippen molar-refractivity contribution in [2.75, 3.05) is 0 Å². The third-order valence-electron chi connectivity index (χ3n) is 10.9. The molecule has 2 aromatic heterocycles. The maximum absolute atomic E-state index is 4.98. The summed E-state index contributed by atoms with van der Waals surface area (Å²) in [7, 11) is 0. The number of rotatable bonds is 5. The van der Waals surface area contributed by atoms with E-state index in [1.165, 1.54) is 55.6 Å². The van der Waals surface area contributed by atoms with E-state index in [2.05, 4.69) is 98.8 Å². The van der Waals surface area contributed by atoms with E-state index in [0.717, 1.165) is 34.4 Å².